The van der Waals surface area contributed by atoms with Crippen molar-refractivity contribution in [1.29, 1.82) is 0 Å². The van der Waals surface area contributed by atoms with Crippen LogP contribution in [0.4, 0.5) is 4.39 Å². The molecule has 0 saturated heterocycles. The molecule has 17 heavy (non-hydrogen) atoms. The van der Waals surface area contributed by atoms with E-state index in [9.17, 15) is 9.18 Å². The van der Waals surface area contributed by atoms with E-state index in [4.69, 9.17) is 4.74 Å². The zero-order valence-corrected chi connectivity index (χ0v) is 9.31. The number of para-hydroxylation sites is 1. The van der Waals surface area contributed by atoms with Crippen LogP contribution in [-0.2, 0) is 0 Å². The van der Waals surface area contributed by atoms with Gasteiger partial charge < -0.3 is 4.74 Å². The highest BCUT2D eigenvalue weighted by atomic mass is 19.1. The second kappa shape index (κ2) is 4.78. The molecule has 0 unspecified atom stereocenters. The van der Waals surface area contributed by atoms with Crippen molar-refractivity contribution in [3.63, 3.8) is 0 Å². The number of methoxy groups -OCH3 is 1. The van der Waals surface area contributed by atoms with Gasteiger partial charge in [-0.25, -0.2) is 4.39 Å². The number of benzene rings is 2. The number of ether oxygens (including phenoxy) is 1. The molecule has 86 valence electrons. The fraction of sp³-hybridized carbons (Fsp3) is 0.0714. The van der Waals surface area contributed by atoms with Gasteiger partial charge in [0.15, 0.2) is 17.3 Å². The lowest BCUT2D eigenvalue weighted by Gasteiger charge is -2.08. The van der Waals surface area contributed by atoms with E-state index >= 15 is 0 Å². The van der Waals surface area contributed by atoms with E-state index in [0.717, 1.165) is 0 Å². The first-order valence-electron chi connectivity index (χ1n) is 5.16. The summed E-state index contributed by atoms with van der Waals surface area (Å²) < 4.78 is 18.4. The van der Waals surface area contributed by atoms with Gasteiger partial charge in [-0.1, -0.05) is 36.4 Å². The molecule has 0 spiro atoms. The summed E-state index contributed by atoms with van der Waals surface area (Å²) in [5.74, 6) is -0.794. The predicted octanol–water partition coefficient (Wildman–Crippen LogP) is 3.07. The number of hydrogen-bond donors (Lipinski definition) is 0. The van der Waals surface area contributed by atoms with Gasteiger partial charge in [-0.15, -0.1) is 0 Å². The van der Waals surface area contributed by atoms with Crippen LogP contribution in [0, 0.1) is 5.82 Å². The third-order valence-electron chi connectivity index (χ3n) is 2.45. The van der Waals surface area contributed by atoms with Gasteiger partial charge in [-0.2, -0.15) is 0 Å². The molecule has 3 heteroatoms. The van der Waals surface area contributed by atoms with E-state index in [1.54, 1.807) is 30.3 Å². The van der Waals surface area contributed by atoms with Crippen molar-refractivity contribution in [1.82, 2.24) is 0 Å². The predicted molar refractivity (Wildman–Crippen MR) is 62.8 cm³/mol. The van der Waals surface area contributed by atoms with Gasteiger partial charge in [-0.05, 0) is 12.1 Å². The molecule has 2 aromatic rings. The molecular formula is C14H11FO2. The highest BCUT2D eigenvalue weighted by molar-refractivity contribution is 6.10. The van der Waals surface area contributed by atoms with E-state index in [1.807, 2.05) is 6.07 Å². The quantitative estimate of drug-likeness (QED) is 0.757. The lowest BCUT2D eigenvalue weighted by atomic mass is 10.0. The third kappa shape index (κ3) is 2.18. The standard InChI is InChI=1S/C14H11FO2/c1-17-14-11(8-5-9-12(14)15)13(16)10-6-3-2-4-7-10/h2-9H,1H3. The maximum Gasteiger partial charge on any atom is 0.196 e. The highest BCUT2D eigenvalue weighted by Gasteiger charge is 2.16. The Balaban J connectivity index is 2.48. The normalized spacial score (nSPS) is 10.0. The third-order valence-corrected chi connectivity index (χ3v) is 2.45. The Kier molecular flexibility index (Phi) is 3.19. The lowest BCUT2D eigenvalue weighted by Crippen LogP contribution is -2.05. The monoisotopic (exact) mass is 230 g/mol. The van der Waals surface area contributed by atoms with Crippen molar-refractivity contribution in [3.05, 3.63) is 65.5 Å². The maximum atomic E-state index is 13.4. The summed E-state index contributed by atoms with van der Waals surface area (Å²) in [4.78, 5) is 12.1. The topological polar surface area (TPSA) is 26.3 Å². The Labute approximate surface area is 98.7 Å². The number of rotatable bonds is 3. The maximum absolute atomic E-state index is 13.4. The van der Waals surface area contributed by atoms with Gasteiger partial charge in [-0.3, -0.25) is 4.79 Å². The molecule has 0 amide bonds. The summed E-state index contributed by atoms with van der Waals surface area (Å²) in [6, 6.07) is 13.0. The fourth-order valence-electron chi connectivity index (χ4n) is 1.64. The molecule has 2 nitrogen and oxygen atoms in total. The summed E-state index contributed by atoms with van der Waals surface area (Å²) >= 11 is 0. The Hall–Kier alpha value is -2.16. The van der Waals surface area contributed by atoms with E-state index in [-0.39, 0.29) is 17.1 Å². The fourth-order valence-corrected chi connectivity index (χ4v) is 1.64. The van der Waals surface area contributed by atoms with Crippen LogP contribution >= 0.6 is 0 Å². The van der Waals surface area contributed by atoms with E-state index in [1.165, 1.54) is 19.2 Å². The van der Waals surface area contributed by atoms with Gasteiger partial charge >= 0.3 is 0 Å². The van der Waals surface area contributed by atoms with Crippen LogP contribution in [0.1, 0.15) is 15.9 Å². The van der Waals surface area contributed by atoms with E-state index in [2.05, 4.69) is 0 Å². The van der Waals surface area contributed by atoms with Gasteiger partial charge in [0.05, 0.1) is 12.7 Å². The molecule has 0 aliphatic heterocycles. The number of hydrogen-bond acceptors (Lipinski definition) is 2. The number of carbonyl (C=O) groups excluding carboxylic acids is 1. The second-order valence-corrected chi connectivity index (χ2v) is 3.52. The van der Waals surface area contributed by atoms with Crippen molar-refractivity contribution in [2.24, 2.45) is 0 Å². The molecule has 2 aromatic carbocycles. The summed E-state index contributed by atoms with van der Waals surface area (Å²) in [7, 11) is 1.35. The van der Waals surface area contributed by atoms with Gasteiger partial charge in [0.1, 0.15) is 0 Å². The average Bonchev–Trinajstić information content (AvgIpc) is 2.38. The molecule has 0 fully saturated rings. The van der Waals surface area contributed by atoms with E-state index < -0.39 is 5.82 Å². The van der Waals surface area contributed by atoms with Crippen LogP contribution in [-0.4, -0.2) is 12.9 Å². The molecule has 0 radical (unpaired) electrons. The summed E-state index contributed by atoms with van der Waals surface area (Å²) in [6.07, 6.45) is 0. The van der Waals surface area contributed by atoms with Crippen LogP contribution in [0.3, 0.4) is 0 Å². The molecule has 0 N–H and O–H groups in total. The lowest BCUT2D eigenvalue weighted by molar-refractivity contribution is 0.103. The van der Waals surface area contributed by atoms with Crippen LogP contribution in [0.5, 0.6) is 5.75 Å². The molecule has 0 saturated carbocycles. The highest BCUT2D eigenvalue weighted by Crippen LogP contribution is 2.24. The summed E-state index contributed by atoms with van der Waals surface area (Å²) in [5, 5.41) is 0. The SMILES string of the molecule is COc1c(F)cccc1C(=O)c1ccccc1. The van der Waals surface area contributed by atoms with Crippen molar-refractivity contribution < 1.29 is 13.9 Å². The molecule has 2 rings (SSSR count). The first-order valence-corrected chi connectivity index (χ1v) is 5.16. The van der Waals surface area contributed by atoms with Crippen LogP contribution in [0.2, 0.25) is 0 Å². The summed E-state index contributed by atoms with van der Waals surface area (Å²) in [6.45, 7) is 0. The number of halogens is 1. The molecule has 0 atom stereocenters. The molecule has 0 aliphatic carbocycles. The first kappa shape index (κ1) is 11.3. The molecule has 0 aliphatic rings. The van der Waals surface area contributed by atoms with Gasteiger partial charge in [0.25, 0.3) is 0 Å². The summed E-state index contributed by atoms with van der Waals surface area (Å²) in [5.41, 5.74) is 0.745. The molecular weight excluding hydrogens is 219 g/mol. The minimum absolute atomic E-state index is 0.0126. The Morgan fingerprint density at radius 3 is 2.41 bits per heavy atom. The number of carbonyl (C=O) groups is 1. The minimum atomic E-state index is -0.533. The zero-order chi connectivity index (χ0) is 12.3. The van der Waals surface area contributed by atoms with Crippen molar-refractivity contribution in [2.75, 3.05) is 7.11 Å². The van der Waals surface area contributed by atoms with Crippen LogP contribution in [0.15, 0.2) is 48.5 Å². The second-order valence-electron chi connectivity index (χ2n) is 3.52. The van der Waals surface area contributed by atoms with Crippen LogP contribution in [0.25, 0.3) is 0 Å². The Morgan fingerprint density at radius 1 is 1.06 bits per heavy atom. The van der Waals surface area contributed by atoms with Crippen LogP contribution < -0.4 is 4.74 Å². The minimum Gasteiger partial charge on any atom is -0.493 e. The van der Waals surface area contributed by atoms with E-state index in [0.29, 0.717) is 5.56 Å². The average molecular weight is 230 g/mol. The largest absolute Gasteiger partial charge is 0.493 e. The van der Waals surface area contributed by atoms with Crippen molar-refractivity contribution in [2.45, 2.75) is 0 Å². The smallest absolute Gasteiger partial charge is 0.196 e. The first-order chi connectivity index (χ1) is 8.24. The van der Waals surface area contributed by atoms with Crippen molar-refractivity contribution >= 4 is 5.78 Å². The molecule has 0 heterocycles. The zero-order valence-electron chi connectivity index (χ0n) is 9.31. The van der Waals surface area contributed by atoms with Gasteiger partial charge in [0, 0.05) is 5.56 Å². The Bertz CT molecular complexity index is 535. The van der Waals surface area contributed by atoms with Gasteiger partial charge in [0.2, 0.25) is 0 Å². The molecule has 0 bridgehead atoms. The van der Waals surface area contributed by atoms with Crippen molar-refractivity contribution in [3.8, 4) is 5.75 Å². The number of ketones is 1. The molecule has 0 aromatic heterocycles. The Morgan fingerprint density at radius 2 is 1.76 bits per heavy atom.